The minimum Gasteiger partial charge on any atom is -0.348 e. The van der Waals surface area contributed by atoms with Gasteiger partial charge in [-0.1, -0.05) is 60.2 Å². The average molecular weight is 560 g/mol. The highest BCUT2D eigenvalue weighted by molar-refractivity contribution is 7.98. The molecule has 0 atom stereocenters. The van der Waals surface area contributed by atoms with E-state index in [9.17, 15) is 18.0 Å². The van der Waals surface area contributed by atoms with Crippen LogP contribution in [0.15, 0.2) is 113 Å². The summed E-state index contributed by atoms with van der Waals surface area (Å²) in [5.41, 5.74) is 2.83. The van der Waals surface area contributed by atoms with Crippen LogP contribution in [0, 0.1) is 6.92 Å². The van der Waals surface area contributed by atoms with Gasteiger partial charge in [0.25, 0.3) is 15.9 Å². The van der Waals surface area contributed by atoms with Crippen molar-refractivity contribution in [2.75, 3.05) is 22.4 Å². The number of aryl methyl sites for hydroxylation is 1. The number of rotatable bonds is 10. The number of anilines is 2. The monoisotopic (exact) mass is 559 g/mol. The molecule has 7 nitrogen and oxygen atoms in total. The Kier molecular flexibility index (Phi) is 9.06. The zero-order chi connectivity index (χ0) is 27.8. The largest absolute Gasteiger partial charge is 0.348 e. The standard InChI is InChI=1S/C30H29N3O4S2/c1-22-12-14-24(15-13-22)33(39(36,37)26-18-16-25(38-2)17-19-26)21-29(34)32-28-11-7-6-10-27(28)30(35)31-20-23-8-4-3-5-9-23/h3-19H,20-21H2,1-2H3,(H,31,35)(H,32,34). The number of amides is 2. The van der Waals surface area contributed by atoms with Crippen LogP contribution >= 0.6 is 11.8 Å². The van der Waals surface area contributed by atoms with E-state index in [1.807, 2.05) is 43.5 Å². The predicted molar refractivity (Wildman–Crippen MR) is 157 cm³/mol. The number of nitrogens with zero attached hydrogens (tertiary/aromatic N) is 1. The Labute approximate surface area is 233 Å². The maximum atomic E-state index is 13.7. The molecule has 39 heavy (non-hydrogen) atoms. The van der Waals surface area contributed by atoms with E-state index in [0.717, 1.165) is 20.3 Å². The van der Waals surface area contributed by atoms with Crippen LogP contribution in [0.25, 0.3) is 0 Å². The Morgan fingerprint density at radius 1 is 0.821 bits per heavy atom. The van der Waals surface area contributed by atoms with E-state index in [-0.39, 0.29) is 16.4 Å². The molecule has 0 heterocycles. The first-order valence-corrected chi connectivity index (χ1v) is 14.9. The molecule has 0 aliphatic carbocycles. The van der Waals surface area contributed by atoms with Gasteiger partial charge in [-0.2, -0.15) is 0 Å². The highest BCUT2D eigenvalue weighted by Gasteiger charge is 2.27. The lowest BCUT2D eigenvalue weighted by Gasteiger charge is -2.24. The molecule has 0 aliphatic rings. The van der Waals surface area contributed by atoms with Gasteiger partial charge in [0.15, 0.2) is 0 Å². The van der Waals surface area contributed by atoms with E-state index in [1.165, 1.54) is 23.9 Å². The molecule has 0 radical (unpaired) electrons. The summed E-state index contributed by atoms with van der Waals surface area (Å²) in [5, 5.41) is 5.59. The van der Waals surface area contributed by atoms with Crippen LogP contribution < -0.4 is 14.9 Å². The first-order chi connectivity index (χ1) is 18.8. The Balaban J connectivity index is 1.56. The topological polar surface area (TPSA) is 95.6 Å². The van der Waals surface area contributed by atoms with Crippen molar-refractivity contribution in [1.82, 2.24) is 5.32 Å². The van der Waals surface area contributed by atoms with E-state index < -0.39 is 22.5 Å². The van der Waals surface area contributed by atoms with Crippen LogP contribution in [0.1, 0.15) is 21.5 Å². The number of sulfonamides is 1. The molecule has 4 rings (SSSR count). The van der Waals surface area contributed by atoms with Crippen LogP contribution in [0.3, 0.4) is 0 Å². The lowest BCUT2D eigenvalue weighted by Crippen LogP contribution is -2.38. The van der Waals surface area contributed by atoms with Gasteiger partial charge in [-0.15, -0.1) is 11.8 Å². The summed E-state index contributed by atoms with van der Waals surface area (Å²) < 4.78 is 28.4. The van der Waals surface area contributed by atoms with E-state index >= 15 is 0 Å². The zero-order valence-electron chi connectivity index (χ0n) is 21.6. The van der Waals surface area contributed by atoms with Crippen molar-refractivity contribution in [3.05, 3.63) is 120 Å². The Morgan fingerprint density at radius 3 is 2.13 bits per heavy atom. The van der Waals surface area contributed by atoms with Gasteiger partial charge in [-0.25, -0.2) is 8.42 Å². The van der Waals surface area contributed by atoms with Gasteiger partial charge in [-0.3, -0.25) is 13.9 Å². The van der Waals surface area contributed by atoms with Gasteiger partial charge in [0.05, 0.1) is 21.8 Å². The third-order valence-electron chi connectivity index (χ3n) is 6.00. The molecule has 0 saturated carbocycles. The molecule has 0 aromatic heterocycles. The summed E-state index contributed by atoms with van der Waals surface area (Å²) in [5.74, 6) is -0.935. The lowest BCUT2D eigenvalue weighted by molar-refractivity contribution is -0.114. The molecule has 0 unspecified atom stereocenters. The second kappa shape index (κ2) is 12.6. The molecule has 0 bridgehead atoms. The van der Waals surface area contributed by atoms with Crippen LogP contribution in [0.5, 0.6) is 0 Å². The first-order valence-electron chi connectivity index (χ1n) is 12.2. The third kappa shape index (κ3) is 7.07. The molecule has 200 valence electrons. The number of thioether (sulfide) groups is 1. The molecular weight excluding hydrogens is 530 g/mol. The lowest BCUT2D eigenvalue weighted by atomic mass is 10.1. The Hall–Kier alpha value is -4.08. The number of hydrogen-bond donors (Lipinski definition) is 2. The fraction of sp³-hybridized carbons (Fsp3) is 0.133. The summed E-state index contributed by atoms with van der Waals surface area (Å²) in [4.78, 5) is 27.2. The molecule has 2 amide bonds. The van der Waals surface area contributed by atoms with Crippen molar-refractivity contribution >= 4 is 45.0 Å². The number of carbonyl (C=O) groups excluding carboxylic acids is 2. The first kappa shape index (κ1) is 27.9. The highest BCUT2D eigenvalue weighted by atomic mass is 32.2. The predicted octanol–water partition coefficient (Wildman–Crippen LogP) is 5.48. The number of hydrogen-bond acceptors (Lipinski definition) is 5. The average Bonchev–Trinajstić information content (AvgIpc) is 2.96. The maximum absolute atomic E-state index is 13.7. The van der Waals surface area contributed by atoms with Crippen LogP contribution in [-0.4, -0.2) is 33.0 Å². The van der Waals surface area contributed by atoms with Crippen LogP contribution in [0.4, 0.5) is 11.4 Å². The summed E-state index contributed by atoms with van der Waals surface area (Å²) in [6.07, 6.45) is 1.91. The summed E-state index contributed by atoms with van der Waals surface area (Å²) in [6, 6.07) is 29.6. The van der Waals surface area contributed by atoms with E-state index in [1.54, 1.807) is 60.7 Å². The molecule has 0 saturated heterocycles. The maximum Gasteiger partial charge on any atom is 0.264 e. The van der Waals surface area contributed by atoms with Gasteiger partial charge < -0.3 is 10.6 Å². The van der Waals surface area contributed by atoms with E-state index in [0.29, 0.717) is 17.9 Å². The summed E-state index contributed by atoms with van der Waals surface area (Å²) >= 11 is 1.51. The molecule has 4 aromatic carbocycles. The van der Waals surface area contributed by atoms with Crippen molar-refractivity contribution in [1.29, 1.82) is 0 Å². The minimum absolute atomic E-state index is 0.0781. The second-order valence-corrected chi connectivity index (χ2v) is 11.5. The van der Waals surface area contributed by atoms with Gasteiger partial charge in [-0.05, 0) is 67.3 Å². The second-order valence-electron chi connectivity index (χ2n) is 8.78. The highest BCUT2D eigenvalue weighted by Crippen LogP contribution is 2.26. The fourth-order valence-corrected chi connectivity index (χ4v) is 5.71. The van der Waals surface area contributed by atoms with Gasteiger partial charge in [0, 0.05) is 11.4 Å². The van der Waals surface area contributed by atoms with Crippen molar-refractivity contribution in [3.63, 3.8) is 0 Å². The normalized spacial score (nSPS) is 11.0. The summed E-state index contributed by atoms with van der Waals surface area (Å²) in [6.45, 7) is 1.75. The zero-order valence-corrected chi connectivity index (χ0v) is 23.3. The summed E-state index contributed by atoms with van der Waals surface area (Å²) in [7, 11) is -4.06. The molecule has 2 N–H and O–H groups in total. The SMILES string of the molecule is CSc1ccc(S(=O)(=O)N(CC(=O)Nc2ccccc2C(=O)NCc2ccccc2)c2ccc(C)cc2)cc1. The fourth-order valence-electron chi connectivity index (χ4n) is 3.88. The quantitative estimate of drug-likeness (QED) is 0.251. The Bertz CT molecular complexity index is 1540. The number of para-hydroxylation sites is 1. The van der Waals surface area contributed by atoms with Crippen molar-refractivity contribution in [2.45, 2.75) is 23.3 Å². The minimum atomic E-state index is -4.06. The van der Waals surface area contributed by atoms with Crippen molar-refractivity contribution < 1.29 is 18.0 Å². The molecule has 0 spiro atoms. The third-order valence-corrected chi connectivity index (χ3v) is 8.53. The van der Waals surface area contributed by atoms with Gasteiger partial charge in [0.1, 0.15) is 6.54 Å². The smallest absolute Gasteiger partial charge is 0.264 e. The van der Waals surface area contributed by atoms with Crippen molar-refractivity contribution in [2.24, 2.45) is 0 Å². The van der Waals surface area contributed by atoms with E-state index in [2.05, 4.69) is 10.6 Å². The number of nitrogens with one attached hydrogen (secondary N) is 2. The molecule has 4 aromatic rings. The van der Waals surface area contributed by atoms with Gasteiger partial charge in [0.2, 0.25) is 5.91 Å². The number of carbonyl (C=O) groups is 2. The van der Waals surface area contributed by atoms with E-state index in [4.69, 9.17) is 0 Å². The molecular formula is C30H29N3O4S2. The van der Waals surface area contributed by atoms with Crippen LogP contribution in [0.2, 0.25) is 0 Å². The molecule has 0 aliphatic heterocycles. The van der Waals surface area contributed by atoms with Gasteiger partial charge >= 0.3 is 0 Å². The Morgan fingerprint density at radius 2 is 1.46 bits per heavy atom. The number of benzene rings is 4. The molecule has 0 fully saturated rings. The molecule has 9 heteroatoms. The van der Waals surface area contributed by atoms with Crippen LogP contribution in [-0.2, 0) is 21.4 Å². The van der Waals surface area contributed by atoms with Crippen molar-refractivity contribution in [3.8, 4) is 0 Å².